The van der Waals surface area contributed by atoms with Gasteiger partial charge in [-0.25, -0.2) is 13.6 Å². The highest BCUT2D eigenvalue weighted by atomic mass is 19.3. The van der Waals surface area contributed by atoms with Crippen molar-refractivity contribution < 1.29 is 28.2 Å². The number of esters is 1. The molecule has 2 atom stereocenters. The number of aliphatic hydroxyl groups excluding tert-OH is 1. The van der Waals surface area contributed by atoms with Gasteiger partial charge in [-0.3, -0.25) is 4.79 Å². The number of aliphatic hydroxyl groups is 1. The van der Waals surface area contributed by atoms with Crippen LogP contribution in [0.3, 0.4) is 0 Å². The highest BCUT2D eigenvalue weighted by Gasteiger charge is 2.29. The zero-order valence-corrected chi connectivity index (χ0v) is 10.8. The highest BCUT2D eigenvalue weighted by molar-refractivity contribution is 5.79. The lowest BCUT2D eigenvalue weighted by atomic mass is 10.0. The van der Waals surface area contributed by atoms with E-state index in [2.05, 4.69) is 5.32 Å². The lowest BCUT2D eigenvalue weighted by Gasteiger charge is -2.21. The van der Waals surface area contributed by atoms with Crippen molar-refractivity contribution >= 4 is 12.4 Å². The first-order valence-electron chi connectivity index (χ1n) is 5.93. The first-order chi connectivity index (χ1) is 9.51. The Morgan fingerprint density at radius 3 is 2.65 bits per heavy atom. The van der Waals surface area contributed by atoms with Crippen molar-refractivity contribution in [1.82, 2.24) is 5.32 Å². The fraction of sp³-hybridized carbons (Fsp3) is 0.385. The third-order valence-electron chi connectivity index (χ3n) is 2.61. The molecule has 0 radical (unpaired) electrons. The Balaban J connectivity index is 2.99. The van der Waals surface area contributed by atoms with Crippen LogP contribution in [0.2, 0.25) is 0 Å². The molecule has 0 aliphatic carbocycles. The quantitative estimate of drug-likeness (QED) is 0.586. The molecule has 20 heavy (non-hydrogen) atoms. The van der Waals surface area contributed by atoms with E-state index in [-0.39, 0.29) is 24.1 Å². The van der Waals surface area contributed by atoms with Crippen molar-refractivity contribution in [2.45, 2.75) is 25.5 Å². The summed E-state index contributed by atoms with van der Waals surface area (Å²) in [5, 5.41) is 12.2. The fourth-order valence-corrected chi connectivity index (χ4v) is 1.66. The maximum Gasteiger partial charge on any atom is 0.331 e. The monoisotopic (exact) mass is 287 g/mol. The van der Waals surface area contributed by atoms with Gasteiger partial charge in [-0.1, -0.05) is 18.2 Å². The molecule has 2 N–H and O–H groups in total. The molecule has 0 spiro atoms. The molecular formula is C13H15F2NO4. The second kappa shape index (κ2) is 7.54. The number of amides is 1. The molecular weight excluding hydrogens is 272 g/mol. The van der Waals surface area contributed by atoms with E-state index in [1.165, 1.54) is 18.2 Å². The van der Waals surface area contributed by atoms with Gasteiger partial charge < -0.3 is 15.2 Å². The van der Waals surface area contributed by atoms with Crippen molar-refractivity contribution in [2.75, 3.05) is 6.61 Å². The number of nitrogens with one attached hydrogen (secondary N) is 1. The molecule has 0 fully saturated rings. The van der Waals surface area contributed by atoms with Crippen LogP contribution in [0.4, 0.5) is 8.78 Å². The molecule has 2 unspecified atom stereocenters. The average molecular weight is 287 g/mol. The number of hydrogen-bond acceptors (Lipinski definition) is 4. The molecule has 0 heterocycles. The van der Waals surface area contributed by atoms with Gasteiger partial charge in [-0.15, -0.1) is 0 Å². The topological polar surface area (TPSA) is 75.6 Å². The van der Waals surface area contributed by atoms with E-state index >= 15 is 0 Å². The normalized spacial score (nSPS) is 13.7. The Kier molecular flexibility index (Phi) is 6.05. The SMILES string of the molecule is CCOC(=O)C(NC=O)C(O)c1cccc(C(F)F)c1. The van der Waals surface area contributed by atoms with Crippen molar-refractivity contribution in [3.8, 4) is 0 Å². The Labute approximate surface area is 114 Å². The molecule has 0 bridgehead atoms. The van der Waals surface area contributed by atoms with Crippen molar-refractivity contribution in [3.63, 3.8) is 0 Å². The zero-order chi connectivity index (χ0) is 15.1. The third kappa shape index (κ3) is 3.99. The largest absolute Gasteiger partial charge is 0.464 e. The lowest BCUT2D eigenvalue weighted by Crippen LogP contribution is -2.42. The minimum atomic E-state index is -2.69. The molecule has 7 heteroatoms. The van der Waals surface area contributed by atoms with E-state index < -0.39 is 24.5 Å². The van der Waals surface area contributed by atoms with Crippen LogP contribution in [0.15, 0.2) is 24.3 Å². The maximum absolute atomic E-state index is 12.6. The number of benzene rings is 1. The Hall–Kier alpha value is -2.02. The maximum atomic E-state index is 12.6. The van der Waals surface area contributed by atoms with E-state index in [9.17, 15) is 23.5 Å². The average Bonchev–Trinajstić information content (AvgIpc) is 2.44. The summed E-state index contributed by atoms with van der Waals surface area (Å²) in [6, 6.07) is 3.65. The van der Waals surface area contributed by atoms with Gasteiger partial charge in [0, 0.05) is 5.56 Å². The van der Waals surface area contributed by atoms with E-state index in [1.807, 2.05) is 0 Å². The summed E-state index contributed by atoms with van der Waals surface area (Å²) < 4.78 is 29.9. The number of hydrogen-bond donors (Lipinski definition) is 2. The number of carbonyl (C=O) groups excluding carboxylic acids is 2. The second-order valence-electron chi connectivity index (χ2n) is 3.93. The van der Waals surface area contributed by atoms with Crippen LogP contribution in [0.5, 0.6) is 0 Å². The van der Waals surface area contributed by atoms with Gasteiger partial charge in [-0.2, -0.15) is 0 Å². The second-order valence-corrected chi connectivity index (χ2v) is 3.93. The molecule has 1 aromatic rings. The Morgan fingerprint density at radius 2 is 2.10 bits per heavy atom. The first kappa shape index (κ1) is 16.0. The van der Waals surface area contributed by atoms with E-state index in [1.54, 1.807) is 6.92 Å². The highest BCUT2D eigenvalue weighted by Crippen LogP contribution is 2.24. The van der Waals surface area contributed by atoms with Crippen molar-refractivity contribution in [1.29, 1.82) is 0 Å². The van der Waals surface area contributed by atoms with Gasteiger partial charge in [0.25, 0.3) is 6.43 Å². The van der Waals surface area contributed by atoms with Gasteiger partial charge in [0.1, 0.15) is 6.10 Å². The minimum absolute atomic E-state index is 0.0691. The van der Waals surface area contributed by atoms with Gasteiger partial charge >= 0.3 is 5.97 Å². The lowest BCUT2D eigenvalue weighted by molar-refractivity contribution is -0.149. The predicted octanol–water partition coefficient (Wildman–Crippen LogP) is 1.34. The molecule has 0 saturated carbocycles. The molecule has 5 nitrogen and oxygen atoms in total. The van der Waals surface area contributed by atoms with Crippen LogP contribution in [0.1, 0.15) is 30.6 Å². The molecule has 0 aromatic heterocycles. The third-order valence-corrected chi connectivity index (χ3v) is 2.61. The molecule has 0 aliphatic heterocycles. The summed E-state index contributed by atoms with van der Waals surface area (Å²) >= 11 is 0. The van der Waals surface area contributed by atoms with Crippen LogP contribution >= 0.6 is 0 Å². The predicted molar refractivity (Wildman–Crippen MR) is 66.0 cm³/mol. The Morgan fingerprint density at radius 1 is 1.45 bits per heavy atom. The summed E-state index contributed by atoms with van der Waals surface area (Å²) in [5.41, 5.74) is -0.189. The molecule has 1 aromatic carbocycles. The van der Waals surface area contributed by atoms with Gasteiger partial charge in [-0.05, 0) is 18.6 Å². The van der Waals surface area contributed by atoms with Gasteiger partial charge in [0.05, 0.1) is 6.61 Å². The molecule has 0 aliphatic rings. The molecule has 1 rings (SSSR count). The summed E-state index contributed by atoms with van der Waals surface area (Å²) in [6.07, 6.45) is -3.93. The van der Waals surface area contributed by atoms with Crippen LogP contribution in [0, 0.1) is 0 Å². The number of rotatable bonds is 7. The van der Waals surface area contributed by atoms with E-state index in [0.29, 0.717) is 0 Å². The number of carbonyl (C=O) groups is 2. The van der Waals surface area contributed by atoms with Gasteiger partial charge in [0.2, 0.25) is 6.41 Å². The van der Waals surface area contributed by atoms with Crippen LogP contribution in [-0.4, -0.2) is 30.1 Å². The van der Waals surface area contributed by atoms with Crippen molar-refractivity contribution in [2.24, 2.45) is 0 Å². The smallest absolute Gasteiger partial charge is 0.331 e. The van der Waals surface area contributed by atoms with Crippen LogP contribution in [-0.2, 0) is 14.3 Å². The van der Waals surface area contributed by atoms with E-state index in [0.717, 1.165) is 6.07 Å². The summed E-state index contributed by atoms with van der Waals surface area (Å²) in [7, 11) is 0. The molecule has 1 amide bonds. The molecule has 110 valence electrons. The summed E-state index contributed by atoms with van der Waals surface area (Å²) in [5.74, 6) is -0.838. The molecule has 0 saturated heterocycles. The zero-order valence-electron chi connectivity index (χ0n) is 10.8. The van der Waals surface area contributed by atoms with Gasteiger partial charge in [0.15, 0.2) is 6.04 Å². The van der Waals surface area contributed by atoms with Crippen LogP contribution < -0.4 is 5.32 Å². The summed E-state index contributed by atoms with van der Waals surface area (Å²) in [4.78, 5) is 22.1. The Bertz CT molecular complexity index is 467. The van der Waals surface area contributed by atoms with Crippen molar-refractivity contribution in [3.05, 3.63) is 35.4 Å². The van der Waals surface area contributed by atoms with E-state index in [4.69, 9.17) is 4.74 Å². The first-order valence-corrected chi connectivity index (χ1v) is 5.93. The number of halogens is 2. The minimum Gasteiger partial charge on any atom is -0.464 e. The summed E-state index contributed by atoms with van der Waals surface area (Å²) in [6.45, 7) is 1.64. The number of ether oxygens (including phenoxy) is 1. The fourth-order valence-electron chi connectivity index (χ4n) is 1.66. The number of alkyl halides is 2. The standard InChI is InChI=1S/C13H15F2NO4/c1-2-20-13(19)10(16-7-17)11(18)8-4-3-5-9(6-8)12(14)15/h3-7,10-12,18H,2H2,1H3,(H,16,17). The van der Waals surface area contributed by atoms with Crippen LogP contribution in [0.25, 0.3) is 0 Å².